The Kier molecular flexibility index (Phi) is 5.56. The Hall–Kier alpha value is -0.800. The number of ether oxygens (including phenoxy) is 1. The highest BCUT2D eigenvalue weighted by atomic mass is 35.5. The molecule has 1 rings (SSSR count). The van der Waals surface area contributed by atoms with E-state index in [1.54, 1.807) is 12.3 Å². The van der Waals surface area contributed by atoms with Crippen molar-refractivity contribution in [2.75, 3.05) is 6.61 Å². The molecule has 0 amide bonds. The van der Waals surface area contributed by atoms with Crippen molar-refractivity contribution in [3.8, 4) is 5.88 Å². The SMILES string of the molecule is CCCC(C)COc1ncc(CN)cc1Cl. The number of aromatic nitrogens is 1. The summed E-state index contributed by atoms with van der Waals surface area (Å²) in [6.45, 7) is 5.42. The second kappa shape index (κ2) is 6.71. The molecule has 1 unspecified atom stereocenters. The molecular weight excluding hydrogens is 224 g/mol. The first kappa shape index (κ1) is 13.3. The van der Waals surface area contributed by atoms with Gasteiger partial charge in [0.25, 0.3) is 0 Å². The first-order chi connectivity index (χ1) is 7.67. The molecule has 0 spiro atoms. The molecule has 0 saturated heterocycles. The smallest absolute Gasteiger partial charge is 0.232 e. The van der Waals surface area contributed by atoms with Crippen molar-refractivity contribution in [2.24, 2.45) is 11.7 Å². The Labute approximate surface area is 102 Å². The summed E-state index contributed by atoms with van der Waals surface area (Å²) in [6, 6.07) is 1.80. The summed E-state index contributed by atoms with van der Waals surface area (Å²) < 4.78 is 5.57. The molecule has 2 N–H and O–H groups in total. The monoisotopic (exact) mass is 242 g/mol. The van der Waals surface area contributed by atoms with E-state index in [9.17, 15) is 0 Å². The summed E-state index contributed by atoms with van der Waals surface area (Å²) in [6.07, 6.45) is 4.02. The highest BCUT2D eigenvalue weighted by Crippen LogP contribution is 2.23. The van der Waals surface area contributed by atoms with Crippen LogP contribution in [0.2, 0.25) is 5.02 Å². The molecule has 0 aliphatic rings. The Morgan fingerprint density at radius 2 is 2.31 bits per heavy atom. The summed E-state index contributed by atoms with van der Waals surface area (Å²) in [5.74, 6) is 1.03. The molecule has 1 aromatic rings. The molecule has 1 aromatic heterocycles. The van der Waals surface area contributed by atoms with E-state index < -0.39 is 0 Å². The van der Waals surface area contributed by atoms with E-state index in [0.29, 0.717) is 30.0 Å². The van der Waals surface area contributed by atoms with Crippen LogP contribution < -0.4 is 10.5 Å². The van der Waals surface area contributed by atoms with Gasteiger partial charge in [-0.25, -0.2) is 4.98 Å². The summed E-state index contributed by atoms with van der Waals surface area (Å²) in [4.78, 5) is 4.15. The van der Waals surface area contributed by atoms with Crippen LogP contribution in [0.4, 0.5) is 0 Å². The van der Waals surface area contributed by atoms with E-state index in [2.05, 4.69) is 18.8 Å². The van der Waals surface area contributed by atoms with Gasteiger partial charge in [-0.3, -0.25) is 0 Å². The molecule has 16 heavy (non-hydrogen) atoms. The normalized spacial score (nSPS) is 12.5. The minimum atomic E-state index is 0.444. The minimum Gasteiger partial charge on any atom is -0.476 e. The van der Waals surface area contributed by atoms with Crippen LogP contribution in [-0.4, -0.2) is 11.6 Å². The van der Waals surface area contributed by atoms with Gasteiger partial charge in [0, 0.05) is 12.7 Å². The lowest BCUT2D eigenvalue weighted by Crippen LogP contribution is -2.09. The first-order valence-electron chi connectivity index (χ1n) is 5.64. The molecule has 0 aliphatic carbocycles. The third-order valence-electron chi connectivity index (χ3n) is 2.39. The van der Waals surface area contributed by atoms with Gasteiger partial charge in [0.05, 0.1) is 6.61 Å². The van der Waals surface area contributed by atoms with Crippen molar-refractivity contribution in [3.63, 3.8) is 0 Å². The Bertz CT molecular complexity index is 331. The summed E-state index contributed by atoms with van der Waals surface area (Å²) >= 11 is 6.03. The molecule has 0 bridgehead atoms. The van der Waals surface area contributed by atoms with Crippen LogP contribution in [0.5, 0.6) is 5.88 Å². The molecular formula is C12H19ClN2O. The number of hydrogen-bond donors (Lipinski definition) is 1. The standard InChI is InChI=1S/C12H19ClN2O/c1-3-4-9(2)8-16-12-11(13)5-10(6-14)7-15-12/h5,7,9H,3-4,6,8,14H2,1-2H3. The lowest BCUT2D eigenvalue weighted by Gasteiger charge is -2.12. The maximum Gasteiger partial charge on any atom is 0.232 e. The van der Waals surface area contributed by atoms with E-state index >= 15 is 0 Å². The van der Waals surface area contributed by atoms with Crippen LogP contribution in [0.1, 0.15) is 32.3 Å². The third-order valence-corrected chi connectivity index (χ3v) is 2.66. The fourth-order valence-corrected chi connectivity index (χ4v) is 1.72. The Balaban J connectivity index is 2.54. The lowest BCUT2D eigenvalue weighted by atomic mass is 10.1. The predicted octanol–water partition coefficient (Wildman–Crippen LogP) is 3.01. The Morgan fingerprint density at radius 1 is 1.56 bits per heavy atom. The van der Waals surface area contributed by atoms with Crippen molar-refractivity contribution in [1.82, 2.24) is 4.98 Å². The summed E-state index contributed by atoms with van der Waals surface area (Å²) in [5.41, 5.74) is 6.41. The van der Waals surface area contributed by atoms with E-state index in [1.807, 2.05) is 0 Å². The van der Waals surface area contributed by atoms with E-state index in [1.165, 1.54) is 0 Å². The summed E-state index contributed by atoms with van der Waals surface area (Å²) in [5, 5.41) is 0.534. The lowest BCUT2D eigenvalue weighted by molar-refractivity contribution is 0.243. The fraction of sp³-hybridized carbons (Fsp3) is 0.583. The largest absolute Gasteiger partial charge is 0.476 e. The van der Waals surface area contributed by atoms with Crippen LogP contribution in [0.25, 0.3) is 0 Å². The molecule has 90 valence electrons. The van der Waals surface area contributed by atoms with Gasteiger partial charge in [0.2, 0.25) is 5.88 Å². The molecule has 0 saturated carbocycles. The average molecular weight is 243 g/mol. The molecule has 1 heterocycles. The predicted molar refractivity (Wildman–Crippen MR) is 66.7 cm³/mol. The third kappa shape index (κ3) is 3.99. The zero-order valence-corrected chi connectivity index (χ0v) is 10.6. The zero-order chi connectivity index (χ0) is 12.0. The van der Waals surface area contributed by atoms with Gasteiger partial charge in [-0.15, -0.1) is 0 Å². The van der Waals surface area contributed by atoms with Crippen LogP contribution >= 0.6 is 11.6 Å². The van der Waals surface area contributed by atoms with E-state index in [4.69, 9.17) is 22.1 Å². The quantitative estimate of drug-likeness (QED) is 0.834. The van der Waals surface area contributed by atoms with Crippen molar-refractivity contribution in [2.45, 2.75) is 33.2 Å². The van der Waals surface area contributed by atoms with Crippen molar-refractivity contribution < 1.29 is 4.74 Å². The van der Waals surface area contributed by atoms with Gasteiger partial charge in [-0.05, 0) is 24.0 Å². The molecule has 3 nitrogen and oxygen atoms in total. The highest BCUT2D eigenvalue weighted by molar-refractivity contribution is 6.31. The van der Waals surface area contributed by atoms with Crippen LogP contribution in [0, 0.1) is 5.92 Å². The van der Waals surface area contributed by atoms with Crippen molar-refractivity contribution >= 4 is 11.6 Å². The van der Waals surface area contributed by atoms with Gasteiger partial charge in [0.15, 0.2) is 0 Å². The highest BCUT2D eigenvalue weighted by Gasteiger charge is 2.07. The van der Waals surface area contributed by atoms with Gasteiger partial charge >= 0.3 is 0 Å². The molecule has 4 heteroatoms. The van der Waals surface area contributed by atoms with Gasteiger partial charge in [-0.2, -0.15) is 0 Å². The number of halogens is 1. The van der Waals surface area contributed by atoms with E-state index in [0.717, 1.165) is 18.4 Å². The molecule has 0 aromatic carbocycles. The fourth-order valence-electron chi connectivity index (χ4n) is 1.48. The van der Waals surface area contributed by atoms with Crippen molar-refractivity contribution in [3.05, 3.63) is 22.8 Å². The Morgan fingerprint density at radius 3 is 2.88 bits per heavy atom. The first-order valence-corrected chi connectivity index (χ1v) is 6.02. The van der Waals surface area contributed by atoms with Crippen molar-refractivity contribution in [1.29, 1.82) is 0 Å². The maximum absolute atomic E-state index is 6.03. The number of nitrogens with zero attached hydrogens (tertiary/aromatic N) is 1. The van der Waals surface area contributed by atoms with Gasteiger partial charge in [0.1, 0.15) is 5.02 Å². The van der Waals surface area contributed by atoms with Gasteiger partial charge < -0.3 is 10.5 Å². The van der Waals surface area contributed by atoms with Crippen LogP contribution in [-0.2, 0) is 6.54 Å². The zero-order valence-electron chi connectivity index (χ0n) is 9.87. The number of nitrogens with two attached hydrogens (primary N) is 1. The van der Waals surface area contributed by atoms with Gasteiger partial charge in [-0.1, -0.05) is 31.9 Å². The number of rotatable bonds is 6. The molecule has 0 aliphatic heterocycles. The van der Waals surface area contributed by atoms with Crippen LogP contribution in [0.3, 0.4) is 0 Å². The summed E-state index contributed by atoms with van der Waals surface area (Å²) in [7, 11) is 0. The van der Waals surface area contributed by atoms with Crippen LogP contribution in [0.15, 0.2) is 12.3 Å². The molecule has 1 atom stereocenters. The minimum absolute atomic E-state index is 0.444. The number of hydrogen-bond acceptors (Lipinski definition) is 3. The van der Waals surface area contributed by atoms with E-state index in [-0.39, 0.29) is 0 Å². The second-order valence-electron chi connectivity index (χ2n) is 4.04. The molecule has 0 radical (unpaired) electrons. The number of pyridine rings is 1. The maximum atomic E-state index is 6.03. The average Bonchev–Trinajstić information content (AvgIpc) is 2.27. The topological polar surface area (TPSA) is 48.1 Å². The second-order valence-corrected chi connectivity index (χ2v) is 4.45. The molecule has 0 fully saturated rings.